The third-order valence-electron chi connectivity index (χ3n) is 9.85. The molecule has 0 aromatic heterocycles. The van der Waals surface area contributed by atoms with Gasteiger partial charge in [0.05, 0.1) is 6.10 Å². The van der Waals surface area contributed by atoms with Gasteiger partial charge in [-0.1, -0.05) is 32.4 Å². The molecule has 29 heavy (non-hydrogen) atoms. The predicted molar refractivity (Wildman–Crippen MR) is 113 cm³/mol. The summed E-state index contributed by atoms with van der Waals surface area (Å²) in [5.74, 6) is 2.60. The molecule has 2 unspecified atom stereocenters. The van der Waals surface area contributed by atoms with Gasteiger partial charge in [0.2, 0.25) is 0 Å². The van der Waals surface area contributed by atoms with Crippen LogP contribution in [-0.2, 0) is 14.3 Å². The van der Waals surface area contributed by atoms with Crippen molar-refractivity contribution >= 4 is 12.6 Å². The van der Waals surface area contributed by atoms with Crippen molar-refractivity contribution in [3.8, 4) is 0 Å². The fraction of sp³-hybridized carbons (Fsp3) is 0.769. The molecule has 0 N–H and O–H groups in total. The maximum Gasteiger partial charge on any atom is 0.146 e. The quantitative estimate of drug-likeness (QED) is 0.480. The summed E-state index contributed by atoms with van der Waals surface area (Å²) in [6, 6.07) is 0. The van der Waals surface area contributed by atoms with Gasteiger partial charge in [-0.2, -0.15) is 0 Å². The molecule has 0 amide bonds. The summed E-state index contributed by atoms with van der Waals surface area (Å²) >= 11 is 0. The van der Waals surface area contributed by atoms with Crippen LogP contribution in [0.3, 0.4) is 0 Å². The lowest BCUT2D eigenvalue weighted by Gasteiger charge is -2.59. The van der Waals surface area contributed by atoms with E-state index < -0.39 is 0 Å². The van der Waals surface area contributed by atoms with Gasteiger partial charge >= 0.3 is 0 Å². The number of ether oxygens (including phenoxy) is 1. The Hall–Kier alpha value is -1.22. The van der Waals surface area contributed by atoms with Gasteiger partial charge in [0.1, 0.15) is 12.6 Å². The van der Waals surface area contributed by atoms with E-state index in [1.54, 1.807) is 5.57 Å². The Morgan fingerprint density at radius 1 is 1.03 bits per heavy atom. The Morgan fingerprint density at radius 2 is 1.83 bits per heavy atom. The molecule has 0 bridgehead atoms. The maximum atomic E-state index is 12.1. The van der Waals surface area contributed by atoms with Crippen LogP contribution >= 0.6 is 0 Å². The molecule has 4 aliphatic carbocycles. The minimum absolute atomic E-state index is 0.113. The SMILES string of the molecule is C[C@H]1C=C2CC(C=O)CC[C@]2(C)[C@H]2CC[C@]3(C)C(C4CCCO4)=C(C=O)C[C@H]3[C@H]12. The van der Waals surface area contributed by atoms with Gasteiger partial charge in [0, 0.05) is 12.5 Å². The van der Waals surface area contributed by atoms with Crippen LogP contribution in [0.15, 0.2) is 22.8 Å². The molecule has 8 atom stereocenters. The zero-order chi connectivity index (χ0) is 20.4. The number of aldehydes is 2. The van der Waals surface area contributed by atoms with Crippen molar-refractivity contribution in [2.75, 3.05) is 6.61 Å². The minimum Gasteiger partial charge on any atom is -0.374 e. The first-order valence-corrected chi connectivity index (χ1v) is 11.9. The number of fused-ring (bicyclic) bond motifs is 5. The third kappa shape index (κ3) is 2.72. The zero-order valence-electron chi connectivity index (χ0n) is 18.3. The molecule has 5 rings (SSSR count). The number of carbonyl (C=O) groups excluding carboxylic acids is 2. The molecule has 3 heteroatoms. The molecule has 0 aromatic carbocycles. The monoisotopic (exact) mass is 396 g/mol. The molecule has 5 aliphatic rings. The van der Waals surface area contributed by atoms with Crippen molar-refractivity contribution < 1.29 is 14.3 Å². The van der Waals surface area contributed by atoms with Crippen LogP contribution < -0.4 is 0 Å². The molecule has 0 aromatic rings. The number of hydrogen-bond donors (Lipinski definition) is 0. The Balaban J connectivity index is 1.52. The van der Waals surface area contributed by atoms with Crippen LogP contribution in [0.25, 0.3) is 0 Å². The van der Waals surface area contributed by atoms with E-state index in [9.17, 15) is 9.59 Å². The second-order valence-electron chi connectivity index (χ2n) is 11.1. The first-order valence-electron chi connectivity index (χ1n) is 11.9. The van der Waals surface area contributed by atoms with E-state index in [-0.39, 0.29) is 22.9 Å². The molecule has 1 aliphatic heterocycles. The van der Waals surface area contributed by atoms with Crippen molar-refractivity contribution in [1.82, 2.24) is 0 Å². The lowest BCUT2D eigenvalue weighted by Crippen LogP contribution is -2.52. The smallest absolute Gasteiger partial charge is 0.146 e. The van der Waals surface area contributed by atoms with Gasteiger partial charge in [0.15, 0.2) is 0 Å². The van der Waals surface area contributed by atoms with Crippen LogP contribution in [-0.4, -0.2) is 25.3 Å². The third-order valence-corrected chi connectivity index (χ3v) is 9.85. The fourth-order valence-corrected chi connectivity index (χ4v) is 8.41. The summed E-state index contributed by atoms with van der Waals surface area (Å²) in [4.78, 5) is 23.6. The minimum atomic E-state index is 0.113. The van der Waals surface area contributed by atoms with E-state index in [2.05, 4.69) is 26.8 Å². The summed E-state index contributed by atoms with van der Waals surface area (Å²) in [5.41, 5.74) is 4.33. The summed E-state index contributed by atoms with van der Waals surface area (Å²) in [5, 5.41) is 0. The molecular weight excluding hydrogens is 360 g/mol. The van der Waals surface area contributed by atoms with Crippen molar-refractivity contribution in [2.45, 2.75) is 78.2 Å². The molecule has 3 fully saturated rings. The molecule has 1 saturated heterocycles. The highest BCUT2D eigenvalue weighted by Gasteiger charge is 2.60. The topological polar surface area (TPSA) is 43.4 Å². The summed E-state index contributed by atoms with van der Waals surface area (Å²) in [6.45, 7) is 8.16. The summed E-state index contributed by atoms with van der Waals surface area (Å²) in [6.07, 6.45) is 13.7. The second-order valence-corrected chi connectivity index (χ2v) is 11.1. The molecule has 1 heterocycles. The van der Waals surface area contributed by atoms with Gasteiger partial charge in [-0.15, -0.1) is 0 Å². The predicted octanol–water partition coefficient (Wildman–Crippen LogP) is 5.29. The fourth-order valence-electron chi connectivity index (χ4n) is 8.41. The van der Waals surface area contributed by atoms with E-state index in [0.717, 1.165) is 57.0 Å². The highest BCUT2D eigenvalue weighted by Crippen LogP contribution is 2.67. The molecule has 2 saturated carbocycles. The highest BCUT2D eigenvalue weighted by atomic mass is 16.5. The Bertz CT molecular complexity index is 773. The standard InChI is InChI=1S/C26H36O3/c1-16-11-19-12-17(14-27)6-8-25(19,2)20-7-9-26(3)21(23(16)20)13-18(15-28)24(26)22-5-4-10-29-22/h11,14-17,20-23H,4-10,12-13H2,1-3H3/t16-,17?,20-,21-,22?,23+,25-,26-/m0/s1. The summed E-state index contributed by atoms with van der Waals surface area (Å²) in [7, 11) is 0. The maximum absolute atomic E-state index is 12.1. The largest absolute Gasteiger partial charge is 0.374 e. The average molecular weight is 397 g/mol. The van der Waals surface area contributed by atoms with Crippen LogP contribution in [0, 0.1) is 40.4 Å². The average Bonchev–Trinajstić information content (AvgIpc) is 3.33. The van der Waals surface area contributed by atoms with Crippen LogP contribution in [0.2, 0.25) is 0 Å². The van der Waals surface area contributed by atoms with Gasteiger partial charge in [-0.05, 0) is 97.0 Å². The van der Waals surface area contributed by atoms with E-state index in [4.69, 9.17) is 4.74 Å². The van der Waals surface area contributed by atoms with Gasteiger partial charge in [-0.25, -0.2) is 0 Å². The van der Waals surface area contributed by atoms with Crippen LogP contribution in [0.1, 0.15) is 72.1 Å². The van der Waals surface area contributed by atoms with Crippen molar-refractivity contribution in [3.05, 3.63) is 22.8 Å². The van der Waals surface area contributed by atoms with Gasteiger partial charge in [0.25, 0.3) is 0 Å². The number of hydrogen-bond acceptors (Lipinski definition) is 3. The van der Waals surface area contributed by atoms with Crippen molar-refractivity contribution in [3.63, 3.8) is 0 Å². The zero-order valence-corrected chi connectivity index (χ0v) is 18.3. The number of rotatable bonds is 3. The Morgan fingerprint density at radius 3 is 2.52 bits per heavy atom. The Kier molecular flexibility index (Phi) is 4.70. The first kappa shape index (κ1) is 19.7. The highest BCUT2D eigenvalue weighted by molar-refractivity contribution is 5.77. The first-order chi connectivity index (χ1) is 13.9. The van der Waals surface area contributed by atoms with Gasteiger partial charge < -0.3 is 9.53 Å². The van der Waals surface area contributed by atoms with Crippen LogP contribution in [0.5, 0.6) is 0 Å². The molecule has 0 radical (unpaired) electrons. The molecule has 158 valence electrons. The number of allylic oxidation sites excluding steroid dienone is 3. The van der Waals surface area contributed by atoms with E-state index in [0.29, 0.717) is 23.7 Å². The van der Waals surface area contributed by atoms with Gasteiger partial charge in [-0.3, -0.25) is 4.79 Å². The van der Waals surface area contributed by atoms with Crippen molar-refractivity contribution in [2.24, 2.45) is 40.4 Å². The second kappa shape index (κ2) is 6.90. The van der Waals surface area contributed by atoms with E-state index in [1.807, 2.05) is 0 Å². The lowest BCUT2D eigenvalue weighted by molar-refractivity contribution is -0.112. The summed E-state index contributed by atoms with van der Waals surface area (Å²) < 4.78 is 6.11. The van der Waals surface area contributed by atoms with E-state index in [1.165, 1.54) is 24.7 Å². The van der Waals surface area contributed by atoms with Crippen LogP contribution in [0.4, 0.5) is 0 Å². The molecule has 0 spiro atoms. The number of carbonyl (C=O) groups is 2. The molecule has 3 nitrogen and oxygen atoms in total. The van der Waals surface area contributed by atoms with Crippen molar-refractivity contribution in [1.29, 1.82) is 0 Å². The lowest BCUT2D eigenvalue weighted by atomic mass is 9.45. The normalized spacial score (nSPS) is 49.1. The Labute approximate surface area is 175 Å². The van der Waals surface area contributed by atoms with E-state index >= 15 is 0 Å². The molecular formula is C26H36O3.